The second kappa shape index (κ2) is 14.8. The molecule has 2 aliphatic heterocycles. The topological polar surface area (TPSA) is 98.8 Å². The van der Waals surface area contributed by atoms with Crippen LogP contribution in [0.1, 0.15) is 66.2 Å². The van der Waals surface area contributed by atoms with E-state index in [0.717, 1.165) is 48.4 Å². The Morgan fingerprint density at radius 3 is 1.43 bits per heavy atom. The van der Waals surface area contributed by atoms with Crippen LogP contribution in [0.3, 0.4) is 0 Å². The third-order valence-electron chi connectivity index (χ3n) is 6.49. The summed E-state index contributed by atoms with van der Waals surface area (Å²) in [5.74, 6) is -0.0496. The van der Waals surface area contributed by atoms with Gasteiger partial charge in [-0.1, -0.05) is 51.0 Å². The number of hydrogen-bond donors (Lipinski definition) is 2. The fraction of sp³-hybridized carbons (Fsp3) is 0.375. The SMILES string of the molecule is CCCCN1C(=O)C/C(=C/C(C)=O)Nc2ccccc21.CCCCN1C(=O)C/C(=C/C(C)=O)Nc2ccccc21. The van der Waals surface area contributed by atoms with Gasteiger partial charge in [-0.25, -0.2) is 0 Å². The smallest absolute Gasteiger partial charge is 0.232 e. The van der Waals surface area contributed by atoms with Crippen LogP contribution in [-0.2, 0) is 19.2 Å². The van der Waals surface area contributed by atoms with Gasteiger partial charge in [0.1, 0.15) is 0 Å². The van der Waals surface area contributed by atoms with E-state index in [2.05, 4.69) is 24.5 Å². The third kappa shape index (κ3) is 8.40. The predicted octanol–water partition coefficient (Wildman–Crippen LogP) is 6.22. The molecule has 0 radical (unpaired) electrons. The number of unbranched alkanes of at least 4 members (excludes halogenated alkanes) is 2. The Labute approximate surface area is 237 Å². The van der Waals surface area contributed by atoms with Crippen molar-refractivity contribution in [2.75, 3.05) is 33.5 Å². The predicted molar refractivity (Wildman–Crippen MR) is 161 cm³/mol. The van der Waals surface area contributed by atoms with Crippen molar-refractivity contribution in [2.45, 2.75) is 66.2 Å². The molecule has 0 unspecified atom stereocenters. The van der Waals surface area contributed by atoms with Gasteiger partial charge in [0, 0.05) is 36.6 Å². The van der Waals surface area contributed by atoms with Gasteiger partial charge < -0.3 is 20.4 Å². The number of carbonyl (C=O) groups excluding carboxylic acids is 4. The maximum atomic E-state index is 12.4. The van der Waals surface area contributed by atoms with Gasteiger partial charge in [-0.2, -0.15) is 0 Å². The summed E-state index contributed by atoms with van der Waals surface area (Å²) >= 11 is 0. The molecular formula is C32H40N4O4. The number of anilines is 4. The summed E-state index contributed by atoms with van der Waals surface area (Å²) in [7, 11) is 0. The van der Waals surface area contributed by atoms with Crippen LogP contribution in [0.5, 0.6) is 0 Å². The quantitative estimate of drug-likeness (QED) is 0.383. The Morgan fingerprint density at radius 1 is 0.700 bits per heavy atom. The first-order valence-electron chi connectivity index (χ1n) is 14.0. The van der Waals surface area contributed by atoms with Crippen LogP contribution in [0.25, 0.3) is 0 Å². The van der Waals surface area contributed by atoms with Gasteiger partial charge in [0.15, 0.2) is 11.6 Å². The monoisotopic (exact) mass is 544 g/mol. The lowest BCUT2D eigenvalue weighted by Crippen LogP contribution is -2.31. The highest BCUT2D eigenvalue weighted by molar-refractivity contribution is 6.02. The number of nitrogens with zero attached hydrogens (tertiary/aromatic N) is 2. The molecule has 0 aromatic heterocycles. The number of amides is 2. The molecule has 0 bridgehead atoms. The zero-order valence-electron chi connectivity index (χ0n) is 24.0. The molecule has 0 aliphatic carbocycles. The number of hydrogen-bond acceptors (Lipinski definition) is 6. The number of nitrogens with one attached hydrogen (secondary N) is 2. The molecule has 0 saturated carbocycles. The van der Waals surface area contributed by atoms with Crippen LogP contribution in [-0.4, -0.2) is 36.5 Å². The maximum absolute atomic E-state index is 12.4. The molecule has 0 saturated heterocycles. The van der Waals surface area contributed by atoms with E-state index < -0.39 is 0 Å². The summed E-state index contributed by atoms with van der Waals surface area (Å²) in [5.41, 5.74) is 4.85. The molecule has 4 rings (SSSR count). The van der Waals surface area contributed by atoms with Gasteiger partial charge in [-0.15, -0.1) is 0 Å². The average molecular weight is 545 g/mol. The third-order valence-corrected chi connectivity index (χ3v) is 6.49. The highest BCUT2D eigenvalue weighted by Crippen LogP contribution is 2.33. The molecule has 2 aromatic carbocycles. The number of para-hydroxylation sites is 4. The van der Waals surface area contributed by atoms with Gasteiger partial charge in [-0.3, -0.25) is 19.2 Å². The van der Waals surface area contributed by atoms with Crippen molar-refractivity contribution < 1.29 is 19.2 Å². The van der Waals surface area contributed by atoms with E-state index in [1.54, 1.807) is 0 Å². The average Bonchev–Trinajstić information content (AvgIpc) is 3.11. The van der Waals surface area contributed by atoms with E-state index in [1.807, 2.05) is 58.3 Å². The molecule has 0 atom stereocenters. The molecule has 40 heavy (non-hydrogen) atoms. The number of carbonyl (C=O) groups is 4. The summed E-state index contributed by atoms with van der Waals surface area (Å²) in [6.45, 7) is 8.61. The fourth-order valence-corrected chi connectivity index (χ4v) is 4.64. The molecule has 8 heteroatoms. The molecule has 0 spiro atoms. The molecule has 2 aromatic rings. The van der Waals surface area contributed by atoms with Crippen molar-refractivity contribution in [3.8, 4) is 0 Å². The van der Waals surface area contributed by atoms with Crippen molar-refractivity contribution in [1.29, 1.82) is 0 Å². The molecule has 0 fully saturated rings. The minimum absolute atomic E-state index is 0.0309. The Hall–Kier alpha value is -4.20. The lowest BCUT2D eigenvalue weighted by atomic mass is 10.2. The van der Waals surface area contributed by atoms with E-state index in [4.69, 9.17) is 0 Å². The van der Waals surface area contributed by atoms with E-state index >= 15 is 0 Å². The number of allylic oxidation sites excluding steroid dienone is 2. The summed E-state index contributed by atoms with van der Waals surface area (Å²) in [6, 6.07) is 15.4. The first-order chi connectivity index (χ1) is 19.2. The molecular weight excluding hydrogens is 504 g/mol. The zero-order chi connectivity index (χ0) is 29.1. The molecule has 2 amide bonds. The van der Waals surface area contributed by atoms with Gasteiger partial charge in [0.2, 0.25) is 11.8 Å². The first-order valence-corrected chi connectivity index (χ1v) is 14.0. The van der Waals surface area contributed by atoms with Crippen LogP contribution in [0.4, 0.5) is 22.7 Å². The minimum Gasteiger partial charge on any atom is -0.357 e. The summed E-state index contributed by atoms with van der Waals surface area (Å²) in [6.07, 6.45) is 7.47. The fourth-order valence-electron chi connectivity index (χ4n) is 4.64. The van der Waals surface area contributed by atoms with E-state index in [1.165, 1.54) is 26.0 Å². The van der Waals surface area contributed by atoms with E-state index in [9.17, 15) is 19.2 Å². The van der Waals surface area contributed by atoms with Crippen LogP contribution in [0, 0.1) is 0 Å². The molecule has 2 N–H and O–H groups in total. The number of rotatable bonds is 8. The van der Waals surface area contributed by atoms with E-state index in [-0.39, 0.29) is 36.2 Å². The molecule has 2 aliphatic rings. The maximum Gasteiger partial charge on any atom is 0.232 e. The van der Waals surface area contributed by atoms with Crippen molar-refractivity contribution in [3.05, 3.63) is 72.1 Å². The van der Waals surface area contributed by atoms with Crippen molar-refractivity contribution >= 4 is 46.1 Å². The first kappa shape index (κ1) is 30.3. The van der Waals surface area contributed by atoms with Gasteiger partial charge in [-0.05, 0) is 51.0 Å². The zero-order valence-corrected chi connectivity index (χ0v) is 24.0. The van der Waals surface area contributed by atoms with Crippen LogP contribution in [0.15, 0.2) is 72.1 Å². The van der Waals surface area contributed by atoms with Gasteiger partial charge >= 0.3 is 0 Å². The van der Waals surface area contributed by atoms with Crippen molar-refractivity contribution in [3.63, 3.8) is 0 Å². The van der Waals surface area contributed by atoms with Crippen LogP contribution in [0.2, 0.25) is 0 Å². The normalized spacial score (nSPS) is 16.6. The summed E-state index contributed by atoms with van der Waals surface area (Å²) in [4.78, 5) is 51.0. The van der Waals surface area contributed by atoms with Crippen molar-refractivity contribution in [1.82, 2.24) is 0 Å². The largest absolute Gasteiger partial charge is 0.357 e. The Bertz CT molecular complexity index is 1200. The molecule has 2 heterocycles. The van der Waals surface area contributed by atoms with E-state index in [0.29, 0.717) is 24.5 Å². The van der Waals surface area contributed by atoms with Crippen molar-refractivity contribution in [2.24, 2.45) is 0 Å². The minimum atomic E-state index is -0.0558. The number of fused-ring (bicyclic) bond motifs is 2. The number of benzene rings is 2. The highest BCUT2D eigenvalue weighted by atomic mass is 16.2. The Balaban J connectivity index is 0.000000220. The molecule has 212 valence electrons. The lowest BCUT2D eigenvalue weighted by molar-refractivity contribution is -0.118. The Morgan fingerprint density at radius 2 is 1.07 bits per heavy atom. The van der Waals surface area contributed by atoms with Crippen LogP contribution < -0.4 is 20.4 Å². The second-order valence-corrected chi connectivity index (χ2v) is 10.00. The highest BCUT2D eigenvalue weighted by Gasteiger charge is 2.25. The molecule has 8 nitrogen and oxygen atoms in total. The number of ketones is 2. The summed E-state index contributed by atoms with van der Waals surface area (Å²) < 4.78 is 0. The Kier molecular flexibility index (Phi) is 11.2. The standard InChI is InChI=1S/2C16H20N2O2/c2*1-3-4-9-18-15-8-6-5-7-14(15)17-13(10-12(2)19)11-16(18)20/h2*5-8,10,17H,3-4,9,11H2,1-2H3/b2*13-10-. The van der Waals surface area contributed by atoms with Gasteiger partial charge in [0.25, 0.3) is 0 Å². The summed E-state index contributed by atoms with van der Waals surface area (Å²) in [5, 5.41) is 6.41. The van der Waals surface area contributed by atoms with Crippen LogP contribution >= 0.6 is 0 Å². The van der Waals surface area contributed by atoms with Gasteiger partial charge in [0.05, 0.1) is 35.6 Å². The lowest BCUT2D eigenvalue weighted by Gasteiger charge is -2.22. The second-order valence-electron chi connectivity index (χ2n) is 10.00.